The smallest absolute Gasteiger partial charge is 0.317 e. The maximum atomic E-state index is 12.3. The van der Waals surface area contributed by atoms with Crippen molar-refractivity contribution in [3.63, 3.8) is 0 Å². The summed E-state index contributed by atoms with van der Waals surface area (Å²) in [5, 5.41) is 7.49. The van der Waals surface area contributed by atoms with E-state index in [4.69, 9.17) is 0 Å². The van der Waals surface area contributed by atoms with Crippen LogP contribution in [-0.4, -0.2) is 52.9 Å². The molecule has 0 unspecified atom stereocenters. The van der Waals surface area contributed by atoms with Crippen LogP contribution in [0.3, 0.4) is 0 Å². The van der Waals surface area contributed by atoms with Gasteiger partial charge in [-0.2, -0.15) is 4.68 Å². The Labute approximate surface area is 159 Å². The van der Waals surface area contributed by atoms with Crippen molar-refractivity contribution in [2.75, 3.05) is 31.1 Å². The Kier molecular flexibility index (Phi) is 5.48. The molecule has 0 saturated carbocycles. The van der Waals surface area contributed by atoms with E-state index < -0.39 is 0 Å². The molecule has 1 N–H and O–H groups in total. The standard InChI is InChI=1S/C20H27N5O2/c1-14(2)21-20(27)24-11-9-23(10-12-24)18-7-8-19(26)25(22-18)17-6-5-15(3)16(4)13-17/h5-8,13-14H,9-12H2,1-4H3,(H,21,27). The molecular formula is C20H27N5O2. The van der Waals surface area contributed by atoms with E-state index in [1.807, 2.05) is 50.8 Å². The molecule has 7 nitrogen and oxygen atoms in total. The maximum Gasteiger partial charge on any atom is 0.317 e. The molecule has 0 atom stereocenters. The molecule has 1 saturated heterocycles. The van der Waals surface area contributed by atoms with E-state index in [0.717, 1.165) is 17.1 Å². The number of piperazine rings is 1. The van der Waals surface area contributed by atoms with Crippen molar-refractivity contribution in [2.45, 2.75) is 33.7 Å². The lowest BCUT2D eigenvalue weighted by Crippen LogP contribution is -2.53. The first kappa shape index (κ1) is 18.9. The van der Waals surface area contributed by atoms with Gasteiger partial charge in [0.1, 0.15) is 5.82 Å². The van der Waals surface area contributed by atoms with Gasteiger partial charge in [-0.25, -0.2) is 4.79 Å². The number of nitrogens with zero attached hydrogens (tertiary/aromatic N) is 4. The lowest BCUT2D eigenvalue weighted by molar-refractivity contribution is 0.191. The molecule has 3 rings (SSSR count). The highest BCUT2D eigenvalue weighted by Gasteiger charge is 2.22. The molecule has 1 aliphatic heterocycles. The molecule has 7 heteroatoms. The monoisotopic (exact) mass is 369 g/mol. The first-order chi connectivity index (χ1) is 12.8. The number of rotatable bonds is 3. The molecule has 2 heterocycles. The number of benzene rings is 1. The van der Waals surface area contributed by atoms with Gasteiger partial charge in [0.05, 0.1) is 5.69 Å². The fourth-order valence-corrected chi connectivity index (χ4v) is 3.09. The molecule has 0 spiro atoms. The van der Waals surface area contributed by atoms with Gasteiger partial charge in [-0.1, -0.05) is 6.07 Å². The third kappa shape index (κ3) is 4.30. The van der Waals surface area contributed by atoms with Gasteiger partial charge in [0.25, 0.3) is 5.56 Å². The number of nitrogens with one attached hydrogen (secondary N) is 1. The molecule has 0 bridgehead atoms. The fourth-order valence-electron chi connectivity index (χ4n) is 3.09. The van der Waals surface area contributed by atoms with Gasteiger partial charge < -0.3 is 15.1 Å². The molecule has 0 radical (unpaired) electrons. The molecule has 144 valence electrons. The number of hydrogen-bond donors (Lipinski definition) is 1. The number of carbonyl (C=O) groups excluding carboxylic acids is 1. The summed E-state index contributed by atoms with van der Waals surface area (Å²) in [6.07, 6.45) is 0. The number of anilines is 1. The highest BCUT2D eigenvalue weighted by Crippen LogP contribution is 2.15. The Morgan fingerprint density at radius 2 is 1.74 bits per heavy atom. The van der Waals surface area contributed by atoms with Crippen LogP contribution in [0.5, 0.6) is 0 Å². The van der Waals surface area contributed by atoms with Crippen LogP contribution in [0, 0.1) is 13.8 Å². The van der Waals surface area contributed by atoms with Crippen LogP contribution in [0.1, 0.15) is 25.0 Å². The molecule has 1 aliphatic rings. The first-order valence-electron chi connectivity index (χ1n) is 9.33. The van der Waals surface area contributed by atoms with Crippen molar-refractivity contribution in [2.24, 2.45) is 0 Å². The van der Waals surface area contributed by atoms with Crippen LogP contribution in [0.2, 0.25) is 0 Å². The Morgan fingerprint density at radius 1 is 1.04 bits per heavy atom. The third-order valence-corrected chi connectivity index (χ3v) is 4.82. The largest absolute Gasteiger partial charge is 0.352 e. The lowest BCUT2D eigenvalue weighted by atomic mass is 10.1. The van der Waals surface area contributed by atoms with Crippen LogP contribution < -0.4 is 15.8 Å². The number of urea groups is 1. The van der Waals surface area contributed by atoms with Gasteiger partial charge in [-0.05, 0) is 57.0 Å². The van der Waals surface area contributed by atoms with Crippen molar-refractivity contribution in [3.05, 3.63) is 51.8 Å². The van der Waals surface area contributed by atoms with Crippen LogP contribution in [0.15, 0.2) is 35.1 Å². The minimum atomic E-state index is -0.156. The predicted octanol–water partition coefficient (Wildman–Crippen LogP) is 2.09. The van der Waals surface area contributed by atoms with Gasteiger partial charge in [0.2, 0.25) is 0 Å². The van der Waals surface area contributed by atoms with E-state index >= 15 is 0 Å². The zero-order valence-electron chi connectivity index (χ0n) is 16.4. The van der Waals surface area contributed by atoms with E-state index in [-0.39, 0.29) is 17.6 Å². The zero-order valence-corrected chi connectivity index (χ0v) is 16.4. The number of carbonyl (C=O) groups is 1. The average Bonchev–Trinajstić information content (AvgIpc) is 2.64. The number of amides is 2. The van der Waals surface area contributed by atoms with E-state index in [0.29, 0.717) is 26.2 Å². The van der Waals surface area contributed by atoms with E-state index in [2.05, 4.69) is 15.3 Å². The van der Waals surface area contributed by atoms with E-state index in [1.165, 1.54) is 10.2 Å². The summed E-state index contributed by atoms with van der Waals surface area (Å²) in [4.78, 5) is 28.4. The summed E-state index contributed by atoms with van der Waals surface area (Å²) in [7, 11) is 0. The van der Waals surface area contributed by atoms with Crippen LogP contribution in [-0.2, 0) is 0 Å². The Morgan fingerprint density at radius 3 is 2.37 bits per heavy atom. The summed E-state index contributed by atoms with van der Waals surface area (Å²) in [5.41, 5.74) is 2.91. The van der Waals surface area contributed by atoms with Crippen LogP contribution in [0.25, 0.3) is 5.69 Å². The van der Waals surface area contributed by atoms with Crippen molar-refractivity contribution in [1.29, 1.82) is 0 Å². The summed E-state index contributed by atoms with van der Waals surface area (Å²) >= 11 is 0. The second kappa shape index (κ2) is 7.82. The molecule has 1 fully saturated rings. The zero-order chi connectivity index (χ0) is 19.6. The van der Waals surface area contributed by atoms with Crippen molar-refractivity contribution in [1.82, 2.24) is 20.0 Å². The van der Waals surface area contributed by atoms with Crippen LogP contribution >= 0.6 is 0 Å². The number of hydrogen-bond acceptors (Lipinski definition) is 4. The van der Waals surface area contributed by atoms with Gasteiger partial charge in [-0.15, -0.1) is 5.10 Å². The van der Waals surface area contributed by atoms with E-state index in [9.17, 15) is 9.59 Å². The van der Waals surface area contributed by atoms with Crippen molar-refractivity contribution in [3.8, 4) is 5.69 Å². The van der Waals surface area contributed by atoms with Gasteiger partial charge >= 0.3 is 6.03 Å². The molecule has 2 aromatic rings. The molecule has 1 aromatic heterocycles. The summed E-state index contributed by atoms with van der Waals surface area (Å²) < 4.78 is 1.44. The highest BCUT2D eigenvalue weighted by atomic mass is 16.2. The second-order valence-corrected chi connectivity index (χ2v) is 7.29. The van der Waals surface area contributed by atoms with Gasteiger partial charge in [0, 0.05) is 38.3 Å². The quantitative estimate of drug-likeness (QED) is 0.899. The molecule has 27 heavy (non-hydrogen) atoms. The SMILES string of the molecule is Cc1ccc(-n2nc(N3CCN(C(=O)NC(C)C)CC3)ccc2=O)cc1C. The third-order valence-electron chi connectivity index (χ3n) is 4.82. The second-order valence-electron chi connectivity index (χ2n) is 7.29. The summed E-state index contributed by atoms with van der Waals surface area (Å²) in [5.74, 6) is 0.747. The van der Waals surface area contributed by atoms with Crippen molar-refractivity contribution < 1.29 is 4.79 Å². The summed E-state index contributed by atoms with van der Waals surface area (Å²) in [6.45, 7) is 10.6. The van der Waals surface area contributed by atoms with E-state index in [1.54, 1.807) is 12.1 Å². The van der Waals surface area contributed by atoms with Crippen LogP contribution in [0.4, 0.5) is 10.6 Å². The molecule has 1 aromatic carbocycles. The van der Waals surface area contributed by atoms with Gasteiger partial charge in [-0.3, -0.25) is 4.79 Å². The normalized spacial score (nSPS) is 14.6. The fraction of sp³-hybridized carbons (Fsp3) is 0.450. The summed E-state index contributed by atoms with van der Waals surface area (Å²) in [6, 6.07) is 9.28. The minimum Gasteiger partial charge on any atom is -0.352 e. The first-order valence-corrected chi connectivity index (χ1v) is 9.33. The highest BCUT2D eigenvalue weighted by molar-refractivity contribution is 5.74. The Balaban J connectivity index is 1.76. The van der Waals surface area contributed by atoms with Crippen molar-refractivity contribution >= 4 is 11.8 Å². The topological polar surface area (TPSA) is 70.5 Å². The Bertz CT molecular complexity index is 882. The minimum absolute atomic E-state index is 0.0299. The maximum absolute atomic E-state index is 12.3. The Hall–Kier alpha value is -2.83. The van der Waals surface area contributed by atoms with Gasteiger partial charge in [0.15, 0.2) is 0 Å². The number of aryl methyl sites for hydroxylation is 2. The number of aromatic nitrogens is 2. The lowest BCUT2D eigenvalue weighted by Gasteiger charge is -2.35. The molecular weight excluding hydrogens is 342 g/mol. The predicted molar refractivity (Wildman–Crippen MR) is 107 cm³/mol. The molecule has 2 amide bonds. The molecule has 0 aliphatic carbocycles. The average molecular weight is 369 g/mol.